The summed E-state index contributed by atoms with van der Waals surface area (Å²) in [6.45, 7) is 2.20. The van der Waals surface area contributed by atoms with Crippen LogP contribution in [0, 0.1) is 11.8 Å². The Labute approximate surface area is 190 Å². The van der Waals surface area contributed by atoms with Crippen LogP contribution in [-0.4, -0.2) is 30.6 Å². The van der Waals surface area contributed by atoms with Crippen molar-refractivity contribution in [2.45, 2.75) is 43.9 Å². The predicted molar refractivity (Wildman–Crippen MR) is 124 cm³/mol. The second kappa shape index (κ2) is 9.44. The van der Waals surface area contributed by atoms with Gasteiger partial charge in [0.15, 0.2) is 0 Å². The minimum Gasteiger partial charge on any atom is -0.465 e. The largest absolute Gasteiger partial charge is 0.465 e. The fraction of sp³-hybridized carbons (Fsp3) is 0.435. The lowest BCUT2D eigenvalue weighted by Gasteiger charge is -2.18. The number of hydrogen-bond donors (Lipinski definition) is 2. The summed E-state index contributed by atoms with van der Waals surface area (Å²) in [5.41, 5.74) is 2.28. The SMILES string of the molecule is COC(=O)c1c(NC(=O)CSc2cccc(NC(=O)C3CC3)c2)sc2c1CCC(C)C2. The van der Waals surface area contributed by atoms with Crippen molar-refractivity contribution in [3.63, 3.8) is 0 Å². The molecule has 1 aromatic carbocycles. The number of amides is 2. The van der Waals surface area contributed by atoms with Gasteiger partial charge in [0.25, 0.3) is 0 Å². The van der Waals surface area contributed by atoms with Crippen molar-refractivity contribution in [2.24, 2.45) is 11.8 Å². The number of anilines is 2. The van der Waals surface area contributed by atoms with Crippen LogP contribution in [0.1, 0.15) is 47.0 Å². The number of thiophene rings is 1. The van der Waals surface area contributed by atoms with E-state index in [2.05, 4.69) is 17.6 Å². The molecule has 4 rings (SSSR count). The molecule has 0 radical (unpaired) electrons. The Morgan fingerprint density at radius 2 is 2.00 bits per heavy atom. The van der Waals surface area contributed by atoms with Crippen LogP contribution in [0.4, 0.5) is 10.7 Å². The number of esters is 1. The third kappa shape index (κ3) is 5.30. The minimum absolute atomic E-state index is 0.0613. The van der Waals surface area contributed by atoms with Gasteiger partial charge in [-0.05, 0) is 61.8 Å². The molecular weight excluding hydrogens is 432 g/mol. The summed E-state index contributed by atoms with van der Waals surface area (Å²) in [4.78, 5) is 39.0. The van der Waals surface area contributed by atoms with Crippen molar-refractivity contribution in [1.82, 2.24) is 0 Å². The Kier molecular flexibility index (Phi) is 6.67. The molecule has 6 nitrogen and oxygen atoms in total. The normalized spacial score (nSPS) is 17.5. The summed E-state index contributed by atoms with van der Waals surface area (Å²) in [6, 6.07) is 7.51. The fourth-order valence-corrected chi connectivity index (χ4v) is 5.89. The molecule has 8 heteroatoms. The summed E-state index contributed by atoms with van der Waals surface area (Å²) >= 11 is 2.88. The first-order valence-corrected chi connectivity index (χ1v) is 12.3. The van der Waals surface area contributed by atoms with Crippen molar-refractivity contribution in [3.05, 3.63) is 40.3 Å². The van der Waals surface area contributed by atoms with Crippen molar-refractivity contribution < 1.29 is 19.1 Å². The topological polar surface area (TPSA) is 84.5 Å². The van der Waals surface area contributed by atoms with Gasteiger partial charge in [-0.1, -0.05) is 13.0 Å². The number of nitrogens with one attached hydrogen (secondary N) is 2. The molecule has 2 N–H and O–H groups in total. The molecule has 2 amide bonds. The number of benzene rings is 1. The molecule has 0 aliphatic heterocycles. The maximum absolute atomic E-state index is 12.6. The molecule has 2 aliphatic rings. The number of carbonyl (C=O) groups is 3. The Hall–Kier alpha value is -2.32. The molecule has 2 aliphatic carbocycles. The Bertz CT molecular complexity index is 1010. The van der Waals surface area contributed by atoms with Crippen molar-refractivity contribution in [3.8, 4) is 0 Å². The van der Waals surface area contributed by atoms with Crippen LogP contribution in [0.2, 0.25) is 0 Å². The quantitative estimate of drug-likeness (QED) is 0.462. The summed E-state index contributed by atoms with van der Waals surface area (Å²) in [5.74, 6) is 0.420. The fourth-order valence-electron chi connectivity index (χ4n) is 3.72. The highest BCUT2D eigenvalue weighted by molar-refractivity contribution is 8.00. The minimum atomic E-state index is -0.394. The lowest BCUT2D eigenvalue weighted by Crippen LogP contribution is -2.17. The van der Waals surface area contributed by atoms with Gasteiger partial charge in [-0.25, -0.2) is 4.79 Å². The van der Waals surface area contributed by atoms with Gasteiger partial charge >= 0.3 is 5.97 Å². The van der Waals surface area contributed by atoms with E-state index in [1.165, 1.54) is 35.1 Å². The maximum Gasteiger partial charge on any atom is 0.341 e. The van der Waals surface area contributed by atoms with Crippen molar-refractivity contribution >= 4 is 51.6 Å². The number of methoxy groups -OCH3 is 1. The van der Waals surface area contributed by atoms with Crippen LogP contribution in [0.5, 0.6) is 0 Å². The number of ether oxygens (including phenoxy) is 1. The maximum atomic E-state index is 12.6. The monoisotopic (exact) mass is 458 g/mol. The van der Waals surface area contributed by atoms with E-state index in [0.717, 1.165) is 48.3 Å². The molecule has 1 unspecified atom stereocenters. The second-order valence-corrected chi connectivity index (χ2v) is 10.3. The average Bonchev–Trinajstić information content (AvgIpc) is 3.54. The number of rotatable bonds is 7. The number of thioether (sulfide) groups is 1. The van der Waals surface area contributed by atoms with Crippen LogP contribution in [-0.2, 0) is 27.2 Å². The molecule has 1 aromatic heterocycles. The summed E-state index contributed by atoms with van der Waals surface area (Å²) < 4.78 is 4.98. The Balaban J connectivity index is 1.40. The molecular formula is C23H26N2O4S2. The molecule has 1 saturated carbocycles. The smallest absolute Gasteiger partial charge is 0.341 e. The molecule has 0 bridgehead atoms. The van der Waals surface area contributed by atoms with Crippen LogP contribution in [0.25, 0.3) is 0 Å². The zero-order chi connectivity index (χ0) is 22.0. The van der Waals surface area contributed by atoms with Crippen LogP contribution in [0.3, 0.4) is 0 Å². The third-order valence-electron chi connectivity index (χ3n) is 5.57. The Morgan fingerprint density at radius 1 is 1.19 bits per heavy atom. The van der Waals surface area contributed by atoms with E-state index in [9.17, 15) is 14.4 Å². The zero-order valence-corrected chi connectivity index (χ0v) is 19.3. The lowest BCUT2D eigenvalue weighted by molar-refractivity contribution is -0.117. The molecule has 1 fully saturated rings. The van der Waals surface area contributed by atoms with Gasteiger partial charge in [0.2, 0.25) is 11.8 Å². The molecule has 1 atom stereocenters. The summed E-state index contributed by atoms with van der Waals surface area (Å²) in [7, 11) is 1.37. The summed E-state index contributed by atoms with van der Waals surface area (Å²) in [5, 5.41) is 6.44. The molecule has 1 heterocycles. The first kappa shape index (κ1) is 21.9. The van der Waals surface area contributed by atoms with Crippen LogP contribution in [0.15, 0.2) is 29.2 Å². The van der Waals surface area contributed by atoms with Gasteiger partial charge in [0.05, 0.1) is 18.4 Å². The van der Waals surface area contributed by atoms with E-state index < -0.39 is 5.97 Å². The number of hydrogen-bond acceptors (Lipinski definition) is 6. The second-order valence-electron chi connectivity index (χ2n) is 8.18. The van der Waals surface area contributed by atoms with Gasteiger partial charge in [-0.3, -0.25) is 9.59 Å². The van der Waals surface area contributed by atoms with Gasteiger partial charge in [-0.15, -0.1) is 23.1 Å². The van der Waals surface area contributed by atoms with E-state index in [-0.39, 0.29) is 23.5 Å². The lowest BCUT2D eigenvalue weighted by atomic mass is 9.88. The molecule has 31 heavy (non-hydrogen) atoms. The first-order chi connectivity index (χ1) is 14.9. The van der Waals surface area contributed by atoms with E-state index in [4.69, 9.17) is 4.74 Å². The number of carbonyl (C=O) groups excluding carboxylic acids is 3. The highest BCUT2D eigenvalue weighted by atomic mass is 32.2. The zero-order valence-electron chi connectivity index (χ0n) is 17.7. The van der Waals surface area contributed by atoms with Crippen molar-refractivity contribution in [1.29, 1.82) is 0 Å². The molecule has 164 valence electrons. The van der Waals surface area contributed by atoms with E-state index in [1.54, 1.807) is 0 Å². The summed E-state index contributed by atoms with van der Waals surface area (Å²) in [6.07, 6.45) is 4.71. The van der Waals surface area contributed by atoms with E-state index in [0.29, 0.717) is 16.5 Å². The average molecular weight is 459 g/mol. The van der Waals surface area contributed by atoms with Crippen LogP contribution < -0.4 is 10.6 Å². The Morgan fingerprint density at radius 3 is 2.74 bits per heavy atom. The number of fused-ring (bicyclic) bond motifs is 1. The molecule has 0 saturated heterocycles. The van der Waals surface area contributed by atoms with Gasteiger partial charge < -0.3 is 15.4 Å². The van der Waals surface area contributed by atoms with Gasteiger partial charge in [0.1, 0.15) is 5.00 Å². The van der Waals surface area contributed by atoms with Gasteiger partial charge in [-0.2, -0.15) is 0 Å². The highest BCUT2D eigenvalue weighted by Gasteiger charge is 2.30. The first-order valence-electron chi connectivity index (χ1n) is 10.5. The van der Waals surface area contributed by atoms with Gasteiger partial charge in [0, 0.05) is 21.4 Å². The van der Waals surface area contributed by atoms with Crippen LogP contribution >= 0.6 is 23.1 Å². The van der Waals surface area contributed by atoms with Crippen molar-refractivity contribution in [2.75, 3.05) is 23.5 Å². The standard InChI is InChI=1S/C23H26N2O4S2/c1-13-6-9-17-18(10-13)31-22(20(17)23(28)29-2)25-19(26)12-30-16-5-3-4-15(11-16)24-21(27)14-7-8-14/h3-5,11,13-14H,6-10,12H2,1-2H3,(H,24,27)(H,25,26). The predicted octanol–water partition coefficient (Wildman–Crippen LogP) is 4.74. The van der Waals surface area contributed by atoms with E-state index >= 15 is 0 Å². The van der Waals surface area contributed by atoms with E-state index in [1.807, 2.05) is 24.3 Å². The highest BCUT2D eigenvalue weighted by Crippen LogP contribution is 2.40. The molecule has 0 spiro atoms. The molecule has 2 aromatic rings. The third-order valence-corrected chi connectivity index (χ3v) is 7.74.